The Kier molecular flexibility index (Phi) is 8.05. The van der Waals surface area contributed by atoms with Crippen LogP contribution in [0.5, 0.6) is 0 Å². The minimum absolute atomic E-state index is 0.779. The lowest BCUT2D eigenvalue weighted by Gasteiger charge is -2.38. The van der Waals surface area contributed by atoms with Crippen molar-refractivity contribution in [2.75, 3.05) is 45.8 Å². The summed E-state index contributed by atoms with van der Waals surface area (Å²) < 4.78 is 0. The Morgan fingerprint density at radius 1 is 0.952 bits per heavy atom. The third kappa shape index (κ3) is 6.66. The molecule has 2 fully saturated rings. The van der Waals surface area contributed by atoms with E-state index in [2.05, 4.69) is 29.0 Å². The number of unbranched alkanes of at least 4 members (excludes halogenated alkanes) is 2. The van der Waals surface area contributed by atoms with E-state index < -0.39 is 0 Å². The van der Waals surface area contributed by atoms with Gasteiger partial charge in [-0.25, -0.2) is 0 Å². The molecule has 2 aliphatic rings. The molecule has 0 aromatic carbocycles. The number of hydrogen-bond acceptors (Lipinski definition) is 3. The SMILES string of the molecule is CC(C)CNCCCCCN1CCN(C2CCCC2)CC1. The Hall–Kier alpha value is -0.120. The van der Waals surface area contributed by atoms with E-state index in [0.29, 0.717) is 0 Å². The molecule has 1 saturated carbocycles. The van der Waals surface area contributed by atoms with E-state index in [-0.39, 0.29) is 0 Å². The van der Waals surface area contributed by atoms with E-state index in [1.165, 1.54) is 90.8 Å². The lowest BCUT2D eigenvalue weighted by Crippen LogP contribution is -2.49. The van der Waals surface area contributed by atoms with Crippen LogP contribution in [0.1, 0.15) is 58.8 Å². The highest BCUT2D eigenvalue weighted by Gasteiger charge is 2.25. The average molecular weight is 296 g/mol. The highest BCUT2D eigenvalue weighted by Crippen LogP contribution is 2.24. The molecular formula is C18H37N3. The van der Waals surface area contributed by atoms with Crippen LogP contribution in [-0.2, 0) is 0 Å². The number of piperazine rings is 1. The maximum atomic E-state index is 3.54. The molecule has 2 rings (SSSR count). The first-order valence-electron chi connectivity index (χ1n) is 9.43. The van der Waals surface area contributed by atoms with Crippen molar-refractivity contribution in [1.29, 1.82) is 0 Å². The molecule has 0 amide bonds. The van der Waals surface area contributed by atoms with Gasteiger partial charge in [-0.15, -0.1) is 0 Å². The van der Waals surface area contributed by atoms with Crippen LogP contribution in [0.25, 0.3) is 0 Å². The summed E-state index contributed by atoms with van der Waals surface area (Å²) in [4.78, 5) is 5.45. The van der Waals surface area contributed by atoms with Gasteiger partial charge in [0, 0.05) is 32.2 Å². The zero-order valence-electron chi connectivity index (χ0n) is 14.4. The monoisotopic (exact) mass is 295 g/mol. The molecule has 1 N–H and O–H groups in total. The standard InChI is InChI=1S/C18H37N3/c1-17(2)16-19-10-6-3-7-11-20-12-14-21(15-13-20)18-8-4-5-9-18/h17-19H,3-16H2,1-2H3. The summed E-state index contributed by atoms with van der Waals surface area (Å²) in [7, 11) is 0. The van der Waals surface area contributed by atoms with Gasteiger partial charge in [-0.2, -0.15) is 0 Å². The zero-order valence-corrected chi connectivity index (χ0v) is 14.4. The van der Waals surface area contributed by atoms with Crippen molar-refractivity contribution in [1.82, 2.24) is 15.1 Å². The summed E-state index contributed by atoms with van der Waals surface area (Å²) in [5.74, 6) is 0.779. The molecule has 0 radical (unpaired) electrons. The van der Waals surface area contributed by atoms with Crippen molar-refractivity contribution in [3.8, 4) is 0 Å². The normalized spacial score (nSPS) is 22.4. The maximum absolute atomic E-state index is 3.54. The number of nitrogens with one attached hydrogen (secondary N) is 1. The first-order valence-corrected chi connectivity index (χ1v) is 9.43. The molecule has 0 aromatic rings. The number of hydrogen-bond donors (Lipinski definition) is 1. The summed E-state index contributed by atoms with van der Waals surface area (Å²) in [6, 6.07) is 0.930. The molecular weight excluding hydrogens is 258 g/mol. The molecule has 0 bridgehead atoms. The highest BCUT2D eigenvalue weighted by atomic mass is 15.3. The van der Waals surface area contributed by atoms with Crippen molar-refractivity contribution in [3.05, 3.63) is 0 Å². The van der Waals surface area contributed by atoms with Gasteiger partial charge in [0.2, 0.25) is 0 Å². The highest BCUT2D eigenvalue weighted by molar-refractivity contribution is 4.81. The summed E-state index contributed by atoms with van der Waals surface area (Å²) in [6.45, 7) is 13.5. The van der Waals surface area contributed by atoms with Gasteiger partial charge in [0.25, 0.3) is 0 Å². The van der Waals surface area contributed by atoms with Gasteiger partial charge in [-0.3, -0.25) is 4.90 Å². The van der Waals surface area contributed by atoms with Crippen molar-refractivity contribution in [2.24, 2.45) is 5.92 Å². The molecule has 1 saturated heterocycles. The van der Waals surface area contributed by atoms with Crippen molar-refractivity contribution >= 4 is 0 Å². The van der Waals surface area contributed by atoms with Crippen molar-refractivity contribution in [2.45, 2.75) is 64.8 Å². The van der Waals surface area contributed by atoms with E-state index in [1.807, 2.05) is 0 Å². The minimum atomic E-state index is 0.779. The summed E-state index contributed by atoms with van der Waals surface area (Å²) >= 11 is 0. The fourth-order valence-corrected chi connectivity index (χ4v) is 3.77. The third-order valence-electron chi connectivity index (χ3n) is 5.13. The quantitative estimate of drug-likeness (QED) is 0.660. The smallest absolute Gasteiger partial charge is 0.0113 e. The topological polar surface area (TPSA) is 18.5 Å². The molecule has 3 heteroatoms. The van der Waals surface area contributed by atoms with Gasteiger partial charge >= 0.3 is 0 Å². The Bertz CT molecular complexity index is 253. The Morgan fingerprint density at radius 2 is 1.67 bits per heavy atom. The largest absolute Gasteiger partial charge is 0.316 e. The van der Waals surface area contributed by atoms with Gasteiger partial charge in [-0.05, 0) is 51.2 Å². The first-order chi connectivity index (χ1) is 10.3. The second-order valence-corrected chi connectivity index (χ2v) is 7.47. The van der Waals surface area contributed by atoms with Crippen LogP contribution in [0.4, 0.5) is 0 Å². The molecule has 0 aromatic heterocycles. The first kappa shape index (κ1) is 17.2. The van der Waals surface area contributed by atoms with Gasteiger partial charge in [0.15, 0.2) is 0 Å². The predicted molar refractivity (Wildman–Crippen MR) is 91.8 cm³/mol. The van der Waals surface area contributed by atoms with Crippen molar-refractivity contribution < 1.29 is 0 Å². The minimum Gasteiger partial charge on any atom is -0.316 e. The van der Waals surface area contributed by atoms with Crippen LogP contribution < -0.4 is 5.32 Å². The van der Waals surface area contributed by atoms with Crippen LogP contribution in [-0.4, -0.2) is 61.7 Å². The summed E-state index contributed by atoms with van der Waals surface area (Å²) in [6.07, 6.45) is 9.97. The van der Waals surface area contributed by atoms with E-state index in [4.69, 9.17) is 0 Å². The Balaban J connectivity index is 1.44. The van der Waals surface area contributed by atoms with Crippen molar-refractivity contribution in [3.63, 3.8) is 0 Å². The Morgan fingerprint density at radius 3 is 2.33 bits per heavy atom. The molecule has 0 atom stereocenters. The molecule has 1 aliphatic heterocycles. The Labute approximate surface area is 132 Å². The molecule has 0 spiro atoms. The van der Waals surface area contributed by atoms with E-state index in [0.717, 1.165) is 12.0 Å². The fourth-order valence-electron chi connectivity index (χ4n) is 3.77. The van der Waals surface area contributed by atoms with E-state index >= 15 is 0 Å². The lowest BCUT2D eigenvalue weighted by atomic mass is 10.1. The van der Waals surface area contributed by atoms with E-state index in [1.54, 1.807) is 0 Å². The number of nitrogens with zero attached hydrogens (tertiary/aromatic N) is 2. The second kappa shape index (κ2) is 9.81. The van der Waals surface area contributed by atoms with Crippen LogP contribution in [0.3, 0.4) is 0 Å². The number of rotatable bonds is 9. The third-order valence-corrected chi connectivity index (χ3v) is 5.13. The van der Waals surface area contributed by atoms with Crippen LogP contribution in [0.2, 0.25) is 0 Å². The van der Waals surface area contributed by atoms with Crippen LogP contribution in [0.15, 0.2) is 0 Å². The lowest BCUT2D eigenvalue weighted by molar-refractivity contribution is 0.0967. The summed E-state index contributed by atoms with van der Waals surface area (Å²) in [5, 5.41) is 3.54. The van der Waals surface area contributed by atoms with Crippen LogP contribution >= 0.6 is 0 Å². The van der Waals surface area contributed by atoms with Gasteiger partial charge in [-0.1, -0.05) is 33.1 Å². The second-order valence-electron chi connectivity index (χ2n) is 7.47. The van der Waals surface area contributed by atoms with Gasteiger partial charge < -0.3 is 10.2 Å². The van der Waals surface area contributed by atoms with Gasteiger partial charge in [0.05, 0.1) is 0 Å². The maximum Gasteiger partial charge on any atom is 0.0113 e. The van der Waals surface area contributed by atoms with Crippen LogP contribution in [0, 0.1) is 5.92 Å². The average Bonchev–Trinajstić information content (AvgIpc) is 3.01. The molecule has 21 heavy (non-hydrogen) atoms. The fraction of sp³-hybridized carbons (Fsp3) is 1.00. The molecule has 0 unspecified atom stereocenters. The van der Waals surface area contributed by atoms with E-state index in [9.17, 15) is 0 Å². The van der Waals surface area contributed by atoms with Gasteiger partial charge in [0.1, 0.15) is 0 Å². The molecule has 124 valence electrons. The molecule has 1 aliphatic carbocycles. The zero-order chi connectivity index (χ0) is 14.9. The molecule has 3 nitrogen and oxygen atoms in total. The summed E-state index contributed by atoms with van der Waals surface area (Å²) in [5.41, 5.74) is 0. The predicted octanol–water partition coefficient (Wildman–Crippen LogP) is 2.96. The molecule has 1 heterocycles.